The lowest BCUT2D eigenvalue weighted by atomic mass is 10.2. The van der Waals surface area contributed by atoms with Crippen molar-refractivity contribution < 1.29 is 19.2 Å². The van der Waals surface area contributed by atoms with Gasteiger partial charge in [0.05, 0.1) is 27.8 Å². The van der Waals surface area contributed by atoms with E-state index in [1.807, 2.05) is 11.5 Å². The van der Waals surface area contributed by atoms with Crippen LogP contribution in [0.15, 0.2) is 53.5 Å². The molecule has 2 aromatic carbocycles. The first-order valence-electron chi connectivity index (χ1n) is 8.66. The summed E-state index contributed by atoms with van der Waals surface area (Å²) < 4.78 is 7.42. The van der Waals surface area contributed by atoms with Gasteiger partial charge in [-0.25, -0.2) is 4.79 Å². The molecule has 0 saturated carbocycles. The van der Waals surface area contributed by atoms with E-state index < -0.39 is 16.8 Å². The van der Waals surface area contributed by atoms with Gasteiger partial charge in [-0.05, 0) is 36.8 Å². The smallest absolute Gasteiger partial charge is 0.337 e. The molecular weight excluding hydrogens is 394 g/mol. The molecular formula is C20H17N3O5S. The molecule has 148 valence electrons. The van der Waals surface area contributed by atoms with E-state index >= 15 is 0 Å². The third kappa shape index (κ3) is 4.46. The SMILES string of the molecule is CCn1c(=NC(=O)C=Cc2cccc([N+](=O)[O-])c2)sc2cc(C(=O)OC)ccc21. The van der Waals surface area contributed by atoms with Crippen molar-refractivity contribution in [2.45, 2.75) is 13.5 Å². The molecule has 1 aromatic heterocycles. The number of benzene rings is 2. The molecule has 9 heteroatoms. The third-order valence-corrected chi connectivity index (χ3v) is 5.17. The Bertz CT molecular complexity index is 1210. The lowest BCUT2D eigenvalue weighted by Gasteiger charge is -2.01. The van der Waals surface area contributed by atoms with Crippen molar-refractivity contribution in [3.8, 4) is 0 Å². The Morgan fingerprint density at radius 2 is 2.07 bits per heavy atom. The minimum Gasteiger partial charge on any atom is -0.465 e. The first kappa shape index (κ1) is 20.2. The van der Waals surface area contributed by atoms with Gasteiger partial charge in [0.25, 0.3) is 11.6 Å². The summed E-state index contributed by atoms with van der Waals surface area (Å²) >= 11 is 1.29. The second-order valence-corrected chi connectivity index (χ2v) is 6.95. The van der Waals surface area contributed by atoms with Crippen molar-refractivity contribution in [1.29, 1.82) is 0 Å². The number of hydrogen-bond acceptors (Lipinski definition) is 6. The van der Waals surface area contributed by atoms with Crippen LogP contribution in [-0.4, -0.2) is 28.5 Å². The van der Waals surface area contributed by atoms with Gasteiger partial charge in [0.2, 0.25) is 0 Å². The summed E-state index contributed by atoms with van der Waals surface area (Å²) in [6.45, 7) is 2.53. The van der Waals surface area contributed by atoms with Crippen LogP contribution in [-0.2, 0) is 16.1 Å². The Labute approximate surface area is 169 Å². The molecule has 0 aliphatic rings. The molecule has 0 N–H and O–H groups in total. The number of aromatic nitrogens is 1. The molecule has 0 radical (unpaired) electrons. The zero-order valence-corrected chi connectivity index (χ0v) is 16.5. The van der Waals surface area contributed by atoms with Crippen LogP contribution in [0.4, 0.5) is 5.69 Å². The number of hydrogen-bond donors (Lipinski definition) is 0. The molecule has 0 bridgehead atoms. The number of rotatable bonds is 5. The highest BCUT2D eigenvalue weighted by atomic mass is 32.1. The Hall–Kier alpha value is -3.59. The van der Waals surface area contributed by atoms with Gasteiger partial charge >= 0.3 is 5.97 Å². The van der Waals surface area contributed by atoms with Crippen molar-refractivity contribution in [1.82, 2.24) is 4.57 Å². The molecule has 0 unspecified atom stereocenters. The summed E-state index contributed by atoms with van der Waals surface area (Å²) in [5.74, 6) is -0.920. The lowest BCUT2D eigenvalue weighted by Crippen LogP contribution is -2.15. The average Bonchev–Trinajstić information content (AvgIpc) is 3.07. The molecule has 0 atom stereocenters. The topological polar surface area (TPSA) is 104 Å². The fourth-order valence-corrected chi connectivity index (χ4v) is 3.89. The number of amides is 1. The number of aryl methyl sites for hydroxylation is 1. The van der Waals surface area contributed by atoms with Crippen molar-refractivity contribution in [3.63, 3.8) is 0 Å². The minimum atomic E-state index is -0.493. The van der Waals surface area contributed by atoms with Crippen LogP contribution in [0.5, 0.6) is 0 Å². The summed E-state index contributed by atoms with van der Waals surface area (Å²) in [5.41, 5.74) is 1.77. The normalized spacial score (nSPS) is 11.9. The lowest BCUT2D eigenvalue weighted by molar-refractivity contribution is -0.384. The van der Waals surface area contributed by atoms with Crippen LogP contribution in [0.25, 0.3) is 16.3 Å². The Morgan fingerprint density at radius 1 is 1.28 bits per heavy atom. The number of nitrogens with zero attached hydrogens (tertiary/aromatic N) is 3. The van der Waals surface area contributed by atoms with Crippen LogP contribution < -0.4 is 4.80 Å². The first-order valence-corrected chi connectivity index (χ1v) is 9.47. The molecule has 0 aliphatic carbocycles. The van der Waals surface area contributed by atoms with Crippen molar-refractivity contribution in [2.24, 2.45) is 4.99 Å². The molecule has 8 nitrogen and oxygen atoms in total. The quantitative estimate of drug-likeness (QED) is 0.276. The van der Waals surface area contributed by atoms with Gasteiger partial charge in [-0.1, -0.05) is 23.5 Å². The monoisotopic (exact) mass is 411 g/mol. The molecule has 29 heavy (non-hydrogen) atoms. The fourth-order valence-electron chi connectivity index (χ4n) is 2.75. The van der Waals surface area contributed by atoms with Gasteiger partial charge in [-0.15, -0.1) is 0 Å². The van der Waals surface area contributed by atoms with Gasteiger partial charge in [0.15, 0.2) is 4.80 Å². The van der Waals surface area contributed by atoms with Crippen LogP contribution in [0.1, 0.15) is 22.8 Å². The highest BCUT2D eigenvalue weighted by molar-refractivity contribution is 7.16. The molecule has 0 saturated heterocycles. The standard InChI is InChI=1S/C20H17N3O5S/c1-3-22-16-9-8-14(19(25)28-2)12-17(16)29-20(22)21-18(24)10-7-13-5-4-6-15(11-13)23(26)27/h4-12H,3H2,1-2H3. The van der Waals surface area contributed by atoms with Crippen molar-refractivity contribution in [2.75, 3.05) is 7.11 Å². The van der Waals surface area contributed by atoms with E-state index in [9.17, 15) is 19.7 Å². The van der Waals surface area contributed by atoms with E-state index in [-0.39, 0.29) is 5.69 Å². The van der Waals surface area contributed by atoms with E-state index in [1.165, 1.54) is 42.7 Å². The highest BCUT2D eigenvalue weighted by Gasteiger charge is 2.11. The van der Waals surface area contributed by atoms with Crippen LogP contribution in [0.2, 0.25) is 0 Å². The van der Waals surface area contributed by atoms with Crippen LogP contribution >= 0.6 is 11.3 Å². The molecule has 0 aliphatic heterocycles. The number of fused-ring (bicyclic) bond motifs is 1. The summed E-state index contributed by atoms with van der Waals surface area (Å²) in [6.07, 6.45) is 2.75. The number of esters is 1. The number of carbonyl (C=O) groups is 2. The zero-order chi connectivity index (χ0) is 21.0. The number of carbonyl (C=O) groups excluding carboxylic acids is 2. The van der Waals surface area contributed by atoms with E-state index in [1.54, 1.807) is 30.3 Å². The Kier molecular flexibility index (Phi) is 5.99. The van der Waals surface area contributed by atoms with Gasteiger partial charge in [-0.2, -0.15) is 4.99 Å². The van der Waals surface area contributed by atoms with Gasteiger partial charge in [0.1, 0.15) is 0 Å². The Balaban J connectivity index is 1.94. The Morgan fingerprint density at radius 3 is 2.76 bits per heavy atom. The predicted molar refractivity (Wildman–Crippen MR) is 110 cm³/mol. The number of thiazole rings is 1. The third-order valence-electron chi connectivity index (χ3n) is 4.13. The maximum atomic E-state index is 12.3. The molecule has 3 rings (SSSR count). The first-order chi connectivity index (χ1) is 13.9. The van der Waals surface area contributed by atoms with Gasteiger partial charge in [-0.3, -0.25) is 14.9 Å². The number of methoxy groups -OCH3 is 1. The molecule has 0 fully saturated rings. The van der Waals surface area contributed by atoms with Gasteiger partial charge in [0, 0.05) is 24.8 Å². The van der Waals surface area contributed by atoms with E-state index in [4.69, 9.17) is 4.74 Å². The van der Waals surface area contributed by atoms with Crippen molar-refractivity contribution in [3.05, 3.63) is 74.6 Å². The highest BCUT2D eigenvalue weighted by Crippen LogP contribution is 2.20. The predicted octanol–water partition coefficient (Wildman–Crippen LogP) is 3.56. The maximum Gasteiger partial charge on any atom is 0.337 e. The van der Waals surface area contributed by atoms with E-state index in [0.29, 0.717) is 22.5 Å². The summed E-state index contributed by atoms with van der Waals surface area (Å²) in [4.78, 5) is 39.0. The summed E-state index contributed by atoms with van der Waals surface area (Å²) in [6, 6.07) is 11.1. The number of ether oxygens (including phenoxy) is 1. The zero-order valence-electron chi connectivity index (χ0n) is 15.7. The van der Waals surface area contributed by atoms with Crippen LogP contribution in [0, 0.1) is 10.1 Å². The summed E-state index contributed by atoms with van der Waals surface area (Å²) in [5, 5.41) is 10.8. The molecule has 0 spiro atoms. The van der Waals surface area contributed by atoms with Crippen molar-refractivity contribution >= 4 is 45.2 Å². The van der Waals surface area contributed by atoms with E-state index in [0.717, 1.165) is 10.2 Å². The molecule has 1 amide bonds. The largest absolute Gasteiger partial charge is 0.465 e. The molecule has 1 heterocycles. The number of nitro benzene ring substituents is 1. The summed E-state index contributed by atoms with van der Waals surface area (Å²) in [7, 11) is 1.32. The van der Waals surface area contributed by atoms with Crippen LogP contribution in [0.3, 0.4) is 0 Å². The molecule has 3 aromatic rings. The average molecular weight is 411 g/mol. The number of non-ortho nitro benzene ring substituents is 1. The van der Waals surface area contributed by atoms with Gasteiger partial charge < -0.3 is 9.30 Å². The second kappa shape index (κ2) is 8.61. The minimum absolute atomic E-state index is 0.0497. The number of nitro groups is 1. The maximum absolute atomic E-state index is 12.3. The fraction of sp³-hybridized carbons (Fsp3) is 0.150. The second-order valence-electron chi connectivity index (χ2n) is 5.94. The van der Waals surface area contributed by atoms with E-state index in [2.05, 4.69) is 4.99 Å².